The Kier molecular flexibility index (Phi) is 8.67. The van der Waals surface area contributed by atoms with Gasteiger partial charge in [0.05, 0.1) is 11.5 Å². The molecule has 0 aliphatic carbocycles. The molecule has 1 aromatic rings. The average molecular weight is 315 g/mol. The van der Waals surface area contributed by atoms with Crippen LogP contribution in [0, 0.1) is 5.92 Å². The first-order valence-corrected chi connectivity index (χ1v) is 9.05. The second kappa shape index (κ2) is 9.70. The minimum absolute atomic E-state index is 0.322. The van der Waals surface area contributed by atoms with Crippen LogP contribution in [0.15, 0.2) is 29.2 Å². The number of aliphatic hydroxyl groups is 1. The van der Waals surface area contributed by atoms with E-state index in [4.69, 9.17) is 11.6 Å². The standard InChI is InChI=1S/C17H27ClOS/c1-4-7-14(8-5-2)12-20-16-10-6-9-15(11-16)17(18)13(3)19/h6,9-11,13-14,17,19H,4-5,7-8,12H2,1-3H3. The highest BCUT2D eigenvalue weighted by molar-refractivity contribution is 7.99. The van der Waals surface area contributed by atoms with Gasteiger partial charge in [-0.05, 0) is 43.4 Å². The fraction of sp³-hybridized carbons (Fsp3) is 0.647. The van der Waals surface area contributed by atoms with E-state index in [2.05, 4.69) is 26.0 Å². The predicted octanol–water partition coefficient (Wildman–Crippen LogP) is 5.66. The van der Waals surface area contributed by atoms with Crippen LogP contribution in [0.2, 0.25) is 0 Å². The van der Waals surface area contributed by atoms with Crippen LogP contribution >= 0.6 is 23.4 Å². The summed E-state index contributed by atoms with van der Waals surface area (Å²) >= 11 is 8.13. The van der Waals surface area contributed by atoms with Crippen LogP contribution in [-0.4, -0.2) is 17.0 Å². The number of aliphatic hydroxyl groups excluding tert-OH is 1. The molecule has 1 aromatic carbocycles. The number of halogens is 1. The van der Waals surface area contributed by atoms with Crippen LogP contribution in [-0.2, 0) is 0 Å². The summed E-state index contributed by atoms with van der Waals surface area (Å²) in [4.78, 5) is 1.26. The van der Waals surface area contributed by atoms with Gasteiger partial charge in [0.15, 0.2) is 0 Å². The summed E-state index contributed by atoms with van der Waals surface area (Å²) in [5.74, 6) is 1.98. The van der Waals surface area contributed by atoms with Crippen molar-refractivity contribution in [1.82, 2.24) is 0 Å². The molecule has 2 atom stereocenters. The monoisotopic (exact) mass is 314 g/mol. The average Bonchev–Trinajstić information content (AvgIpc) is 2.44. The summed E-state index contributed by atoms with van der Waals surface area (Å²) in [6, 6.07) is 8.27. The third-order valence-electron chi connectivity index (χ3n) is 3.48. The van der Waals surface area contributed by atoms with Crippen molar-refractivity contribution in [2.24, 2.45) is 5.92 Å². The van der Waals surface area contributed by atoms with E-state index < -0.39 is 6.10 Å². The number of rotatable bonds is 9. The fourth-order valence-electron chi connectivity index (χ4n) is 2.40. The van der Waals surface area contributed by atoms with Gasteiger partial charge < -0.3 is 5.11 Å². The molecule has 0 heterocycles. The van der Waals surface area contributed by atoms with Crippen LogP contribution in [0.3, 0.4) is 0 Å². The first-order valence-electron chi connectivity index (χ1n) is 7.63. The van der Waals surface area contributed by atoms with E-state index in [0.29, 0.717) is 0 Å². The van der Waals surface area contributed by atoms with E-state index >= 15 is 0 Å². The molecule has 2 unspecified atom stereocenters. The molecule has 0 saturated heterocycles. The lowest BCUT2D eigenvalue weighted by molar-refractivity contribution is 0.189. The molecule has 0 radical (unpaired) electrons. The van der Waals surface area contributed by atoms with Gasteiger partial charge in [-0.25, -0.2) is 0 Å². The highest BCUT2D eigenvalue weighted by Crippen LogP contribution is 2.30. The smallest absolute Gasteiger partial charge is 0.0842 e. The fourth-order valence-corrected chi connectivity index (χ4v) is 3.69. The highest BCUT2D eigenvalue weighted by Gasteiger charge is 2.14. The van der Waals surface area contributed by atoms with Crippen molar-refractivity contribution in [1.29, 1.82) is 0 Å². The molecular formula is C17H27ClOS. The maximum Gasteiger partial charge on any atom is 0.0842 e. The van der Waals surface area contributed by atoms with Crippen LogP contribution in [0.4, 0.5) is 0 Å². The summed E-state index contributed by atoms with van der Waals surface area (Å²) in [6.07, 6.45) is 4.62. The minimum atomic E-state index is -0.523. The van der Waals surface area contributed by atoms with Gasteiger partial charge >= 0.3 is 0 Å². The van der Waals surface area contributed by atoms with Gasteiger partial charge in [0, 0.05) is 10.6 Å². The third kappa shape index (κ3) is 6.07. The Morgan fingerprint density at radius 3 is 2.40 bits per heavy atom. The molecule has 3 heteroatoms. The molecular weight excluding hydrogens is 288 g/mol. The molecule has 0 aliphatic heterocycles. The van der Waals surface area contributed by atoms with Crippen molar-refractivity contribution in [2.45, 2.75) is 62.8 Å². The van der Waals surface area contributed by atoms with E-state index in [9.17, 15) is 5.11 Å². The Morgan fingerprint density at radius 1 is 1.20 bits per heavy atom. The minimum Gasteiger partial charge on any atom is -0.392 e. The van der Waals surface area contributed by atoms with Gasteiger partial charge in [0.2, 0.25) is 0 Å². The van der Waals surface area contributed by atoms with Crippen molar-refractivity contribution >= 4 is 23.4 Å². The Balaban J connectivity index is 2.61. The quantitative estimate of drug-likeness (QED) is 0.469. The van der Waals surface area contributed by atoms with E-state index in [1.54, 1.807) is 6.92 Å². The van der Waals surface area contributed by atoms with Gasteiger partial charge in [-0.3, -0.25) is 0 Å². The van der Waals surface area contributed by atoms with E-state index in [-0.39, 0.29) is 5.38 Å². The van der Waals surface area contributed by atoms with E-state index in [1.165, 1.54) is 36.3 Å². The summed E-state index contributed by atoms with van der Waals surface area (Å²) in [5, 5.41) is 9.26. The Bertz CT molecular complexity index is 375. The molecule has 0 fully saturated rings. The van der Waals surface area contributed by atoms with Crippen LogP contribution < -0.4 is 0 Å². The van der Waals surface area contributed by atoms with Gasteiger partial charge in [-0.2, -0.15) is 0 Å². The molecule has 20 heavy (non-hydrogen) atoms. The number of thioether (sulfide) groups is 1. The molecule has 1 N–H and O–H groups in total. The van der Waals surface area contributed by atoms with Crippen LogP contribution in [0.25, 0.3) is 0 Å². The molecule has 0 aromatic heterocycles. The molecule has 1 nitrogen and oxygen atoms in total. The second-order valence-corrected chi connectivity index (χ2v) is 7.03. The van der Waals surface area contributed by atoms with Crippen LogP contribution in [0.5, 0.6) is 0 Å². The number of alkyl halides is 1. The molecule has 0 bridgehead atoms. The Hall–Kier alpha value is -0.180. The second-order valence-electron chi connectivity index (χ2n) is 5.47. The molecule has 0 saturated carbocycles. The van der Waals surface area contributed by atoms with Crippen molar-refractivity contribution in [2.75, 3.05) is 5.75 Å². The third-order valence-corrected chi connectivity index (χ3v) is 5.32. The summed E-state index contributed by atoms with van der Waals surface area (Å²) in [7, 11) is 0. The molecule has 114 valence electrons. The van der Waals surface area contributed by atoms with E-state index in [0.717, 1.165) is 11.5 Å². The topological polar surface area (TPSA) is 20.2 Å². The van der Waals surface area contributed by atoms with Gasteiger partial charge in [-0.1, -0.05) is 38.8 Å². The van der Waals surface area contributed by atoms with Gasteiger partial charge in [0.1, 0.15) is 0 Å². The number of hydrogen-bond acceptors (Lipinski definition) is 2. The lowest BCUT2D eigenvalue weighted by atomic mass is 10.0. The van der Waals surface area contributed by atoms with Crippen molar-refractivity contribution in [3.8, 4) is 0 Å². The summed E-state index contributed by atoms with van der Waals surface area (Å²) < 4.78 is 0. The zero-order valence-electron chi connectivity index (χ0n) is 12.8. The molecule has 1 rings (SSSR count). The van der Waals surface area contributed by atoms with E-state index in [1.807, 2.05) is 23.9 Å². The summed E-state index contributed by atoms with van der Waals surface area (Å²) in [6.45, 7) is 6.25. The Morgan fingerprint density at radius 2 is 1.85 bits per heavy atom. The first kappa shape index (κ1) is 17.9. The van der Waals surface area contributed by atoms with Crippen LogP contribution in [0.1, 0.15) is 57.4 Å². The van der Waals surface area contributed by atoms with Crippen molar-refractivity contribution < 1.29 is 5.11 Å². The maximum absolute atomic E-state index is 9.58. The Labute approximate surface area is 133 Å². The number of benzene rings is 1. The largest absolute Gasteiger partial charge is 0.392 e. The number of hydrogen-bond donors (Lipinski definition) is 1. The zero-order chi connectivity index (χ0) is 15.0. The lowest BCUT2D eigenvalue weighted by Crippen LogP contribution is -2.08. The van der Waals surface area contributed by atoms with Gasteiger partial charge in [0.25, 0.3) is 0 Å². The highest BCUT2D eigenvalue weighted by atomic mass is 35.5. The first-order chi connectivity index (χ1) is 9.58. The lowest BCUT2D eigenvalue weighted by Gasteiger charge is -2.16. The molecule has 0 spiro atoms. The SMILES string of the molecule is CCCC(CCC)CSc1cccc(C(Cl)C(C)O)c1. The molecule has 0 aliphatic rings. The maximum atomic E-state index is 9.58. The van der Waals surface area contributed by atoms with Crippen molar-refractivity contribution in [3.05, 3.63) is 29.8 Å². The predicted molar refractivity (Wildman–Crippen MR) is 90.7 cm³/mol. The zero-order valence-corrected chi connectivity index (χ0v) is 14.4. The van der Waals surface area contributed by atoms with Gasteiger partial charge in [-0.15, -0.1) is 23.4 Å². The van der Waals surface area contributed by atoms with Crippen molar-refractivity contribution in [3.63, 3.8) is 0 Å². The summed E-state index contributed by atoms with van der Waals surface area (Å²) in [5.41, 5.74) is 1.01. The molecule has 0 amide bonds. The normalized spacial score (nSPS) is 14.5.